The molecule has 0 saturated carbocycles. The smallest absolute Gasteiger partial charge is 0.320 e. The molecule has 10 heteroatoms. The minimum absolute atomic E-state index is 0.288. The van der Waals surface area contributed by atoms with E-state index in [-0.39, 0.29) is 5.02 Å². The van der Waals surface area contributed by atoms with Gasteiger partial charge in [-0.25, -0.2) is 8.78 Å². The second kappa shape index (κ2) is 5.39. The predicted octanol–water partition coefficient (Wildman–Crippen LogP) is 3.09. The zero-order valence-electron chi connectivity index (χ0n) is 8.87. The maximum atomic E-state index is 12.6. The van der Waals surface area contributed by atoms with Gasteiger partial charge in [0.05, 0.1) is 4.92 Å². The monoisotopic (exact) mass is 300 g/mol. The molecule has 19 heavy (non-hydrogen) atoms. The number of amides is 1. The molecule has 0 saturated heterocycles. The van der Waals surface area contributed by atoms with Gasteiger partial charge in [-0.1, -0.05) is 11.6 Å². The number of nitrogens with one attached hydrogen (secondary N) is 1. The quantitative estimate of drug-likeness (QED) is 0.527. The Morgan fingerprint density at radius 2 is 2.00 bits per heavy atom. The SMILES string of the molecule is O=C(Nc1ccc(Cl)c([N+](=O)[O-])c1)C(F)(F)C(F)F. The summed E-state index contributed by atoms with van der Waals surface area (Å²) in [6.07, 6.45) is -4.19. The van der Waals surface area contributed by atoms with Crippen LogP contribution in [0.2, 0.25) is 5.02 Å². The van der Waals surface area contributed by atoms with Crippen molar-refractivity contribution in [1.82, 2.24) is 0 Å². The van der Waals surface area contributed by atoms with Crippen LogP contribution in [0.3, 0.4) is 0 Å². The van der Waals surface area contributed by atoms with Crippen LogP contribution < -0.4 is 5.32 Å². The third kappa shape index (κ3) is 3.31. The molecule has 0 aliphatic carbocycles. The van der Waals surface area contributed by atoms with Crippen molar-refractivity contribution in [2.45, 2.75) is 12.3 Å². The van der Waals surface area contributed by atoms with E-state index in [9.17, 15) is 32.5 Å². The zero-order chi connectivity index (χ0) is 14.8. The molecule has 1 rings (SSSR count). The van der Waals surface area contributed by atoms with Gasteiger partial charge in [-0.2, -0.15) is 8.78 Å². The summed E-state index contributed by atoms with van der Waals surface area (Å²) in [5.74, 6) is -7.16. The van der Waals surface area contributed by atoms with Gasteiger partial charge in [0.25, 0.3) is 5.69 Å². The number of rotatable bonds is 4. The number of alkyl halides is 4. The van der Waals surface area contributed by atoms with E-state index in [0.29, 0.717) is 6.07 Å². The maximum absolute atomic E-state index is 12.6. The third-order valence-electron chi connectivity index (χ3n) is 1.98. The molecule has 0 aliphatic heterocycles. The molecule has 0 bridgehead atoms. The van der Waals surface area contributed by atoms with Crippen molar-refractivity contribution in [3.05, 3.63) is 33.3 Å². The summed E-state index contributed by atoms with van der Waals surface area (Å²) in [6.45, 7) is 0. The van der Waals surface area contributed by atoms with Gasteiger partial charge in [-0.15, -0.1) is 0 Å². The predicted molar refractivity (Wildman–Crippen MR) is 57.7 cm³/mol. The first-order chi connectivity index (χ1) is 8.66. The molecule has 1 amide bonds. The lowest BCUT2D eigenvalue weighted by Crippen LogP contribution is -2.40. The Hall–Kier alpha value is -1.90. The summed E-state index contributed by atoms with van der Waals surface area (Å²) in [5, 5.41) is 11.7. The van der Waals surface area contributed by atoms with Crippen LogP contribution in [-0.2, 0) is 4.79 Å². The molecule has 0 heterocycles. The lowest BCUT2D eigenvalue weighted by atomic mass is 10.2. The summed E-state index contributed by atoms with van der Waals surface area (Å²) in [5.41, 5.74) is -1.10. The number of carbonyl (C=O) groups excluding carboxylic acids is 1. The van der Waals surface area contributed by atoms with Crippen LogP contribution in [0.5, 0.6) is 0 Å². The van der Waals surface area contributed by atoms with E-state index in [4.69, 9.17) is 11.6 Å². The summed E-state index contributed by atoms with van der Waals surface area (Å²) in [7, 11) is 0. The molecule has 0 spiro atoms. The van der Waals surface area contributed by atoms with Gasteiger partial charge in [0.2, 0.25) is 0 Å². The van der Waals surface area contributed by atoms with E-state index in [1.165, 1.54) is 5.32 Å². The normalized spacial score (nSPS) is 11.5. The van der Waals surface area contributed by atoms with Crippen LogP contribution in [0.15, 0.2) is 18.2 Å². The van der Waals surface area contributed by atoms with E-state index in [1.54, 1.807) is 0 Å². The average Bonchev–Trinajstić information content (AvgIpc) is 2.30. The molecule has 0 unspecified atom stereocenters. The Balaban J connectivity index is 2.98. The van der Waals surface area contributed by atoms with Crippen molar-refractivity contribution in [2.75, 3.05) is 5.32 Å². The van der Waals surface area contributed by atoms with Crippen LogP contribution in [0.1, 0.15) is 0 Å². The van der Waals surface area contributed by atoms with Crippen LogP contribution in [0, 0.1) is 10.1 Å². The highest BCUT2D eigenvalue weighted by molar-refractivity contribution is 6.32. The molecule has 0 aromatic heterocycles. The highest BCUT2D eigenvalue weighted by Crippen LogP contribution is 2.29. The van der Waals surface area contributed by atoms with Gasteiger partial charge in [-0.3, -0.25) is 14.9 Å². The molecule has 0 radical (unpaired) electrons. The van der Waals surface area contributed by atoms with E-state index >= 15 is 0 Å². The van der Waals surface area contributed by atoms with Gasteiger partial charge < -0.3 is 5.32 Å². The molecule has 0 aliphatic rings. The van der Waals surface area contributed by atoms with Crippen molar-refractivity contribution >= 4 is 28.9 Å². The van der Waals surface area contributed by atoms with Crippen molar-refractivity contribution in [2.24, 2.45) is 0 Å². The van der Waals surface area contributed by atoms with Crippen LogP contribution in [0.4, 0.5) is 28.9 Å². The lowest BCUT2D eigenvalue weighted by molar-refractivity contribution is -0.384. The van der Waals surface area contributed by atoms with E-state index in [2.05, 4.69) is 0 Å². The molecule has 104 valence electrons. The topological polar surface area (TPSA) is 72.2 Å². The van der Waals surface area contributed by atoms with Gasteiger partial charge in [0.15, 0.2) is 0 Å². The molecular weight excluding hydrogens is 296 g/mol. The molecule has 5 nitrogen and oxygen atoms in total. The third-order valence-corrected chi connectivity index (χ3v) is 2.30. The molecule has 0 atom stereocenters. The van der Waals surface area contributed by atoms with Gasteiger partial charge in [-0.05, 0) is 12.1 Å². The van der Waals surface area contributed by atoms with Crippen molar-refractivity contribution < 1.29 is 27.3 Å². The minimum Gasteiger partial charge on any atom is -0.320 e. The highest BCUT2D eigenvalue weighted by Gasteiger charge is 2.49. The van der Waals surface area contributed by atoms with Crippen molar-refractivity contribution in [3.8, 4) is 0 Å². The Labute approximate surface area is 108 Å². The minimum atomic E-state index is -4.89. The number of nitro benzene ring substituents is 1. The van der Waals surface area contributed by atoms with Gasteiger partial charge in [0, 0.05) is 11.8 Å². The highest BCUT2D eigenvalue weighted by atomic mass is 35.5. The van der Waals surface area contributed by atoms with E-state index in [1.807, 2.05) is 0 Å². The number of hydrogen-bond donors (Lipinski definition) is 1. The number of anilines is 1. The first-order valence-electron chi connectivity index (χ1n) is 4.57. The molecule has 0 fully saturated rings. The Kier molecular flexibility index (Phi) is 4.30. The Morgan fingerprint density at radius 1 is 1.42 bits per heavy atom. The van der Waals surface area contributed by atoms with E-state index in [0.717, 1.165) is 12.1 Å². The summed E-state index contributed by atoms with van der Waals surface area (Å²) in [4.78, 5) is 20.5. The summed E-state index contributed by atoms with van der Waals surface area (Å²) >= 11 is 5.45. The number of carbonyl (C=O) groups is 1. The number of nitro groups is 1. The van der Waals surface area contributed by atoms with Gasteiger partial charge in [0.1, 0.15) is 5.02 Å². The number of hydrogen-bond acceptors (Lipinski definition) is 3. The number of nitrogens with zero attached hydrogens (tertiary/aromatic N) is 1. The summed E-state index contributed by atoms with van der Waals surface area (Å²) < 4.78 is 49.1. The average molecular weight is 301 g/mol. The van der Waals surface area contributed by atoms with Crippen LogP contribution in [0.25, 0.3) is 0 Å². The Bertz CT molecular complexity index is 524. The first kappa shape index (κ1) is 15.2. The first-order valence-corrected chi connectivity index (χ1v) is 4.95. The molecule has 1 aromatic carbocycles. The maximum Gasteiger partial charge on any atom is 0.383 e. The largest absolute Gasteiger partial charge is 0.383 e. The van der Waals surface area contributed by atoms with Gasteiger partial charge >= 0.3 is 18.3 Å². The van der Waals surface area contributed by atoms with Crippen molar-refractivity contribution in [1.29, 1.82) is 0 Å². The van der Waals surface area contributed by atoms with Crippen LogP contribution >= 0.6 is 11.6 Å². The van der Waals surface area contributed by atoms with Crippen molar-refractivity contribution in [3.63, 3.8) is 0 Å². The lowest BCUT2D eigenvalue weighted by Gasteiger charge is -2.14. The second-order valence-corrected chi connectivity index (χ2v) is 3.71. The van der Waals surface area contributed by atoms with Crippen LogP contribution in [-0.4, -0.2) is 23.2 Å². The summed E-state index contributed by atoms with van der Waals surface area (Å²) in [6, 6.07) is 2.62. The fraction of sp³-hybridized carbons (Fsp3) is 0.222. The Morgan fingerprint density at radius 3 is 2.47 bits per heavy atom. The number of benzene rings is 1. The second-order valence-electron chi connectivity index (χ2n) is 3.30. The van der Waals surface area contributed by atoms with E-state index < -0.39 is 34.6 Å². The number of halogens is 5. The molecule has 1 N–H and O–H groups in total. The standard InChI is InChI=1S/C9H5ClF4N2O3/c10-5-2-1-4(3-6(5)16(18)19)15-8(17)9(13,14)7(11)12/h1-3,7H,(H,15,17). The fourth-order valence-corrected chi connectivity index (χ4v) is 1.23. The molecular formula is C9H5ClF4N2O3. The fourth-order valence-electron chi connectivity index (χ4n) is 1.04. The molecule has 1 aromatic rings. The zero-order valence-corrected chi connectivity index (χ0v) is 9.63.